The number of piperidine rings is 1. The summed E-state index contributed by atoms with van der Waals surface area (Å²) in [4.78, 5) is 2.59. The van der Waals surface area contributed by atoms with E-state index in [1.807, 2.05) is 0 Å². The lowest BCUT2D eigenvalue weighted by Crippen LogP contribution is -2.48. The van der Waals surface area contributed by atoms with Crippen molar-refractivity contribution in [1.29, 1.82) is 5.26 Å². The van der Waals surface area contributed by atoms with E-state index >= 15 is 0 Å². The summed E-state index contributed by atoms with van der Waals surface area (Å²) in [7, 11) is 0. The zero-order valence-electron chi connectivity index (χ0n) is 10.7. The van der Waals surface area contributed by atoms with Gasteiger partial charge in [0, 0.05) is 12.1 Å². The van der Waals surface area contributed by atoms with Gasteiger partial charge in [0.1, 0.15) is 0 Å². The Hall–Kier alpha value is -0.590. The fourth-order valence-corrected chi connectivity index (χ4v) is 2.66. The minimum atomic E-state index is 0.466. The summed E-state index contributed by atoms with van der Waals surface area (Å²) in [5, 5.41) is 12.3. The second-order valence-electron chi connectivity index (χ2n) is 4.64. The quantitative estimate of drug-likeness (QED) is 0.750. The standard InChI is InChI=1S/C13H25N3/c1-3-11-16(12(4-2)5-8-14)13-6-9-15-10-7-13/h12-13,15H,3-7,9-11H2,1-2H3. The molecule has 0 amide bonds. The van der Waals surface area contributed by atoms with Crippen LogP contribution in [0, 0.1) is 11.3 Å². The van der Waals surface area contributed by atoms with Crippen LogP contribution in [0.15, 0.2) is 0 Å². The van der Waals surface area contributed by atoms with Crippen molar-refractivity contribution in [2.24, 2.45) is 0 Å². The number of hydrogen-bond acceptors (Lipinski definition) is 3. The van der Waals surface area contributed by atoms with E-state index in [0.717, 1.165) is 26.1 Å². The molecule has 3 nitrogen and oxygen atoms in total. The Labute approximate surface area is 99.8 Å². The summed E-state index contributed by atoms with van der Waals surface area (Å²) in [5.74, 6) is 0. The first kappa shape index (κ1) is 13.5. The van der Waals surface area contributed by atoms with Crippen molar-refractivity contribution in [3.8, 4) is 6.07 Å². The second kappa shape index (κ2) is 7.65. The van der Waals surface area contributed by atoms with Crippen LogP contribution in [0.2, 0.25) is 0 Å². The maximum absolute atomic E-state index is 8.89. The van der Waals surface area contributed by atoms with Crippen LogP contribution in [0.25, 0.3) is 0 Å². The molecule has 0 spiro atoms. The molecule has 1 heterocycles. The van der Waals surface area contributed by atoms with Gasteiger partial charge in [-0.2, -0.15) is 5.26 Å². The zero-order valence-corrected chi connectivity index (χ0v) is 10.7. The Bertz CT molecular complexity index is 216. The van der Waals surface area contributed by atoms with Crippen LogP contribution in [0.3, 0.4) is 0 Å². The molecular formula is C13H25N3. The first-order valence-electron chi connectivity index (χ1n) is 6.66. The molecule has 1 unspecified atom stereocenters. The molecule has 0 bridgehead atoms. The van der Waals surface area contributed by atoms with Crippen molar-refractivity contribution >= 4 is 0 Å². The molecule has 3 heteroatoms. The van der Waals surface area contributed by atoms with Gasteiger partial charge in [-0.3, -0.25) is 4.90 Å². The van der Waals surface area contributed by atoms with Gasteiger partial charge in [0.05, 0.1) is 12.5 Å². The third-order valence-corrected chi connectivity index (χ3v) is 3.53. The summed E-state index contributed by atoms with van der Waals surface area (Å²) in [5.41, 5.74) is 0. The van der Waals surface area contributed by atoms with Crippen LogP contribution in [0.5, 0.6) is 0 Å². The molecule has 0 saturated carbocycles. The topological polar surface area (TPSA) is 39.1 Å². The minimum absolute atomic E-state index is 0.466. The third-order valence-electron chi connectivity index (χ3n) is 3.53. The molecule has 0 aromatic carbocycles. The Kier molecular flexibility index (Phi) is 6.44. The van der Waals surface area contributed by atoms with Crippen LogP contribution >= 0.6 is 0 Å². The largest absolute Gasteiger partial charge is 0.317 e. The average molecular weight is 223 g/mol. The Morgan fingerprint density at radius 1 is 1.38 bits per heavy atom. The predicted molar refractivity (Wildman–Crippen MR) is 67.2 cm³/mol. The van der Waals surface area contributed by atoms with Crippen LogP contribution in [-0.4, -0.2) is 36.6 Å². The molecule has 1 fully saturated rings. The first-order chi connectivity index (χ1) is 7.83. The molecule has 0 radical (unpaired) electrons. The van der Waals surface area contributed by atoms with Crippen molar-refractivity contribution in [3.05, 3.63) is 0 Å². The summed E-state index contributed by atoms with van der Waals surface area (Å²) < 4.78 is 0. The zero-order chi connectivity index (χ0) is 11.8. The van der Waals surface area contributed by atoms with Crippen LogP contribution in [0.4, 0.5) is 0 Å². The van der Waals surface area contributed by atoms with Gasteiger partial charge in [0.2, 0.25) is 0 Å². The maximum atomic E-state index is 8.89. The number of hydrogen-bond donors (Lipinski definition) is 1. The van der Waals surface area contributed by atoms with Crippen molar-refractivity contribution in [3.63, 3.8) is 0 Å². The highest BCUT2D eigenvalue weighted by Gasteiger charge is 2.25. The molecule has 16 heavy (non-hydrogen) atoms. The van der Waals surface area contributed by atoms with Gasteiger partial charge in [0.15, 0.2) is 0 Å². The summed E-state index contributed by atoms with van der Waals surface area (Å²) in [6.07, 6.45) is 5.44. The first-order valence-corrected chi connectivity index (χ1v) is 6.66. The van der Waals surface area contributed by atoms with Gasteiger partial charge in [-0.25, -0.2) is 0 Å². The maximum Gasteiger partial charge on any atom is 0.0638 e. The molecule has 0 aromatic rings. The molecule has 1 aliphatic rings. The van der Waals surface area contributed by atoms with Gasteiger partial charge >= 0.3 is 0 Å². The highest BCUT2D eigenvalue weighted by molar-refractivity contribution is 4.87. The molecule has 1 atom stereocenters. The molecule has 0 aliphatic carbocycles. The third kappa shape index (κ3) is 3.77. The van der Waals surface area contributed by atoms with Gasteiger partial charge < -0.3 is 5.32 Å². The average Bonchev–Trinajstić information content (AvgIpc) is 2.35. The van der Waals surface area contributed by atoms with Gasteiger partial charge in [-0.05, 0) is 45.3 Å². The number of nitrogens with one attached hydrogen (secondary N) is 1. The monoisotopic (exact) mass is 223 g/mol. The second-order valence-corrected chi connectivity index (χ2v) is 4.64. The summed E-state index contributed by atoms with van der Waals surface area (Å²) >= 11 is 0. The summed E-state index contributed by atoms with van der Waals surface area (Å²) in [6, 6.07) is 3.50. The number of rotatable bonds is 6. The Morgan fingerprint density at radius 2 is 2.06 bits per heavy atom. The molecule has 1 aliphatic heterocycles. The van der Waals surface area contributed by atoms with E-state index in [1.165, 1.54) is 19.3 Å². The van der Waals surface area contributed by atoms with Crippen molar-refractivity contribution in [2.45, 2.75) is 58.0 Å². The van der Waals surface area contributed by atoms with Crippen LogP contribution < -0.4 is 5.32 Å². The smallest absolute Gasteiger partial charge is 0.0638 e. The lowest BCUT2D eigenvalue weighted by molar-refractivity contribution is 0.107. The van der Waals surface area contributed by atoms with Gasteiger partial charge in [-0.1, -0.05) is 13.8 Å². The lowest BCUT2D eigenvalue weighted by Gasteiger charge is -2.39. The Balaban J connectivity index is 2.59. The van der Waals surface area contributed by atoms with Crippen molar-refractivity contribution in [2.75, 3.05) is 19.6 Å². The fourth-order valence-electron chi connectivity index (χ4n) is 2.66. The molecule has 1 N–H and O–H groups in total. The van der Waals surface area contributed by atoms with E-state index in [4.69, 9.17) is 5.26 Å². The highest BCUT2D eigenvalue weighted by atomic mass is 15.2. The number of nitrogens with zero attached hydrogens (tertiary/aromatic N) is 2. The molecule has 1 saturated heterocycles. The van der Waals surface area contributed by atoms with Gasteiger partial charge in [0.25, 0.3) is 0 Å². The van der Waals surface area contributed by atoms with E-state index in [-0.39, 0.29) is 0 Å². The highest BCUT2D eigenvalue weighted by Crippen LogP contribution is 2.19. The molecule has 1 rings (SSSR count). The lowest BCUT2D eigenvalue weighted by atomic mass is 10.00. The van der Waals surface area contributed by atoms with Crippen molar-refractivity contribution < 1.29 is 0 Å². The molecule has 92 valence electrons. The van der Waals surface area contributed by atoms with E-state index in [0.29, 0.717) is 18.5 Å². The SMILES string of the molecule is CCCN(C(CC)CC#N)C1CCNCC1. The van der Waals surface area contributed by atoms with Crippen LogP contribution in [-0.2, 0) is 0 Å². The predicted octanol–water partition coefficient (Wildman–Crippen LogP) is 2.14. The van der Waals surface area contributed by atoms with E-state index in [1.54, 1.807) is 0 Å². The van der Waals surface area contributed by atoms with E-state index in [9.17, 15) is 0 Å². The van der Waals surface area contributed by atoms with Gasteiger partial charge in [-0.15, -0.1) is 0 Å². The van der Waals surface area contributed by atoms with E-state index < -0.39 is 0 Å². The Morgan fingerprint density at radius 3 is 2.56 bits per heavy atom. The van der Waals surface area contributed by atoms with Crippen LogP contribution in [0.1, 0.15) is 46.0 Å². The van der Waals surface area contributed by atoms with E-state index in [2.05, 4.69) is 30.1 Å². The number of nitriles is 1. The van der Waals surface area contributed by atoms with Crippen molar-refractivity contribution in [1.82, 2.24) is 10.2 Å². The fraction of sp³-hybridized carbons (Fsp3) is 0.923. The molecular weight excluding hydrogens is 198 g/mol. The summed E-state index contributed by atoms with van der Waals surface area (Å²) in [6.45, 7) is 7.84. The molecule has 0 aromatic heterocycles. The minimum Gasteiger partial charge on any atom is -0.317 e. The normalized spacial score (nSPS) is 19.6.